The summed E-state index contributed by atoms with van der Waals surface area (Å²) in [5, 5.41) is 2.93. The summed E-state index contributed by atoms with van der Waals surface area (Å²) in [6.07, 6.45) is 7.88. The monoisotopic (exact) mass is 399 g/mol. The van der Waals surface area contributed by atoms with Gasteiger partial charge in [0, 0.05) is 16.4 Å². The summed E-state index contributed by atoms with van der Waals surface area (Å²) < 4.78 is 13.5. The van der Waals surface area contributed by atoms with Gasteiger partial charge in [-0.05, 0) is 74.0 Å². The molecule has 1 amide bonds. The van der Waals surface area contributed by atoms with Crippen LogP contribution in [-0.4, -0.2) is 10.2 Å². The maximum atomic E-state index is 13.2. The normalized spacial score (nSPS) is 37.9. The maximum Gasteiger partial charge on any atom is 0.224 e. The highest BCUT2D eigenvalue weighted by atomic mass is 79.9. The third-order valence-corrected chi connectivity index (χ3v) is 7.07. The molecule has 0 spiro atoms. The van der Waals surface area contributed by atoms with Crippen LogP contribution in [0.5, 0.6) is 0 Å². The molecule has 2 unspecified atom stereocenters. The first-order valence-electron chi connectivity index (χ1n) is 8.29. The number of benzene rings is 1. The van der Waals surface area contributed by atoms with Gasteiger partial charge in [-0.25, -0.2) is 4.39 Å². The summed E-state index contributed by atoms with van der Waals surface area (Å²) in [5.41, 5.74) is 0.710. The van der Waals surface area contributed by atoms with Crippen molar-refractivity contribution in [1.29, 1.82) is 0 Å². The van der Waals surface area contributed by atoms with Crippen LogP contribution in [0.1, 0.15) is 44.9 Å². The minimum atomic E-state index is -0.466. The van der Waals surface area contributed by atoms with E-state index in [9.17, 15) is 9.18 Å². The van der Waals surface area contributed by atoms with Crippen LogP contribution in [0, 0.1) is 23.1 Å². The van der Waals surface area contributed by atoms with Crippen LogP contribution in [0.2, 0.25) is 5.02 Å². The number of alkyl halides is 1. The zero-order valence-corrected chi connectivity index (χ0v) is 15.2. The number of halogens is 3. The summed E-state index contributed by atoms with van der Waals surface area (Å²) in [6.45, 7) is 0. The number of carbonyl (C=O) groups excluding carboxylic acids is 1. The summed E-state index contributed by atoms with van der Waals surface area (Å²) in [5.74, 6) is 1.09. The minimum Gasteiger partial charge on any atom is -0.326 e. The van der Waals surface area contributed by atoms with Crippen LogP contribution in [0.4, 0.5) is 10.1 Å². The molecule has 0 radical (unpaired) electrons. The third kappa shape index (κ3) is 3.05. The molecular weight excluding hydrogens is 381 g/mol. The lowest BCUT2D eigenvalue weighted by atomic mass is 9.48. The van der Waals surface area contributed by atoms with E-state index in [-0.39, 0.29) is 20.7 Å². The van der Waals surface area contributed by atoms with Gasteiger partial charge < -0.3 is 5.32 Å². The van der Waals surface area contributed by atoms with Gasteiger partial charge in [0.1, 0.15) is 5.82 Å². The average molecular weight is 401 g/mol. The Morgan fingerprint density at radius 1 is 1.30 bits per heavy atom. The van der Waals surface area contributed by atoms with Crippen LogP contribution in [0.15, 0.2) is 18.2 Å². The van der Waals surface area contributed by atoms with Crippen molar-refractivity contribution in [1.82, 2.24) is 0 Å². The van der Waals surface area contributed by atoms with Gasteiger partial charge in [-0.2, -0.15) is 0 Å². The second kappa shape index (κ2) is 5.45. The van der Waals surface area contributed by atoms with Gasteiger partial charge in [0.25, 0.3) is 0 Å². The Bertz CT molecular complexity index is 650. The molecule has 0 aromatic heterocycles. The molecule has 1 aromatic carbocycles. The van der Waals surface area contributed by atoms with E-state index in [1.807, 2.05) is 0 Å². The highest BCUT2D eigenvalue weighted by Crippen LogP contribution is 2.65. The molecule has 4 fully saturated rings. The van der Waals surface area contributed by atoms with Crippen LogP contribution in [-0.2, 0) is 4.79 Å². The van der Waals surface area contributed by atoms with Gasteiger partial charge in [0.2, 0.25) is 5.91 Å². The Morgan fingerprint density at radius 2 is 2.00 bits per heavy atom. The molecule has 1 N–H and O–H groups in total. The summed E-state index contributed by atoms with van der Waals surface area (Å²) in [4.78, 5) is 12.5. The first kappa shape index (κ1) is 15.9. The molecule has 5 heteroatoms. The maximum absolute atomic E-state index is 13.2. The minimum absolute atomic E-state index is 0.0192. The zero-order valence-electron chi connectivity index (χ0n) is 12.9. The molecule has 4 aliphatic rings. The molecule has 4 bridgehead atoms. The predicted octanol–water partition coefficient (Wildman–Crippen LogP) is 5.54. The largest absolute Gasteiger partial charge is 0.326 e. The van der Waals surface area contributed by atoms with Crippen molar-refractivity contribution in [2.24, 2.45) is 17.3 Å². The molecular formula is C18H20BrClFNO. The Balaban J connectivity index is 1.47. The predicted molar refractivity (Wildman–Crippen MR) is 93.4 cm³/mol. The zero-order chi connectivity index (χ0) is 16.2. The Labute approximate surface area is 149 Å². The fourth-order valence-electron chi connectivity index (χ4n) is 5.66. The fourth-order valence-corrected chi connectivity index (χ4v) is 7.35. The number of carbonyl (C=O) groups is 1. The fraction of sp³-hybridized carbons (Fsp3) is 0.611. The standard InChI is InChI=1S/C18H20BrClFNO/c19-18-7-11-3-12(8-18)6-17(5-11,10-18)9-16(23)22-13-1-2-15(21)14(20)4-13/h1-2,4,11-12H,3,5-10H2,(H,22,23). The molecule has 0 saturated heterocycles. The van der Waals surface area contributed by atoms with Gasteiger partial charge in [-0.15, -0.1) is 0 Å². The third-order valence-electron chi connectivity index (χ3n) is 5.85. The molecule has 4 aliphatic carbocycles. The topological polar surface area (TPSA) is 29.1 Å². The molecule has 5 rings (SSSR count). The second-order valence-electron chi connectivity index (χ2n) is 7.97. The Morgan fingerprint density at radius 3 is 2.61 bits per heavy atom. The highest BCUT2D eigenvalue weighted by Gasteiger charge is 2.57. The molecule has 124 valence electrons. The van der Waals surface area contributed by atoms with Crippen molar-refractivity contribution >= 4 is 39.1 Å². The van der Waals surface area contributed by atoms with Crippen LogP contribution >= 0.6 is 27.5 Å². The molecule has 2 nitrogen and oxygen atoms in total. The van der Waals surface area contributed by atoms with Crippen molar-refractivity contribution in [3.05, 3.63) is 29.0 Å². The van der Waals surface area contributed by atoms with Gasteiger partial charge in [-0.3, -0.25) is 4.79 Å². The number of nitrogens with one attached hydrogen (secondary N) is 1. The first-order chi connectivity index (χ1) is 10.8. The van der Waals surface area contributed by atoms with Crippen molar-refractivity contribution in [3.8, 4) is 0 Å². The molecule has 4 saturated carbocycles. The van der Waals surface area contributed by atoms with Crippen molar-refractivity contribution in [3.63, 3.8) is 0 Å². The lowest BCUT2D eigenvalue weighted by Crippen LogP contribution is -2.53. The van der Waals surface area contributed by atoms with Crippen molar-refractivity contribution in [2.45, 2.75) is 49.3 Å². The van der Waals surface area contributed by atoms with E-state index in [1.165, 1.54) is 44.2 Å². The molecule has 1 aromatic rings. The van der Waals surface area contributed by atoms with Gasteiger partial charge in [0.05, 0.1) is 5.02 Å². The van der Waals surface area contributed by atoms with E-state index in [0.717, 1.165) is 18.3 Å². The van der Waals surface area contributed by atoms with E-state index >= 15 is 0 Å². The van der Waals surface area contributed by atoms with E-state index in [4.69, 9.17) is 11.6 Å². The average Bonchev–Trinajstić information content (AvgIpc) is 2.39. The quantitative estimate of drug-likeness (QED) is 0.663. The summed E-state index contributed by atoms with van der Waals surface area (Å²) in [6, 6.07) is 4.32. The Kier molecular flexibility index (Phi) is 3.77. The molecule has 23 heavy (non-hydrogen) atoms. The number of anilines is 1. The van der Waals surface area contributed by atoms with Gasteiger partial charge in [-0.1, -0.05) is 27.5 Å². The summed E-state index contributed by atoms with van der Waals surface area (Å²) in [7, 11) is 0. The van der Waals surface area contributed by atoms with Gasteiger partial charge in [0.15, 0.2) is 0 Å². The van der Waals surface area contributed by atoms with E-state index in [1.54, 1.807) is 6.07 Å². The van der Waals surface area contributed by atoms with Crippen molar-refractivity contribution < 1.29 is 9.18 Å². The van der Waals surface area contributed by atoms with E-state index in [2.05, 4.69) is 21.2 Å². The molecule has 0 aliphatic heterocycles. The SMILES string of the molecule is O=C(CC12CC3CC(CC(Br)(C3)C1)C2)Nc1ccc(F)c(Cl)c1. The number of hydrogen-bond acceptors (Lipinski definition) is 1. The number of amides is 1. The molecule has 2 atom stereocenters. The van der Waals surface area contributed by atoms with E-state index in [0.29, 0.717) is 12.1 Å². The highest BCUT2D eigenvalue weighted by molar-refractivity contribution is 9.10. The number of hydrogen-bond donors (Lipinski definition) is 1. The van der Waals surface area contributed by atoms with Crippen LogP contribution in [0.25, 0.3) is 0 Å². The first-order valence-corrected chi connectivity index (χ1v) is 9.46. The molecule has 0 heterocycles. The second-order valence-corrected chi connectivity index (χ2v) is 10.1. The lowest BCUT2D eigenvalue weighted by Gasteiger charge is -2.60. The lowest BCUT2D eigenvalue weighted by molar-refractivity contribution is -0.123. The van der Waals surface area contributed by atoms with Crippen LogP contribution in [0.3, 0.4) is 0 Å². The van der Waals surface area contributed by atoms with E-state index < -0.39 is 5.82 Å². The Hall–Kier alpha value is -0.610. The smallest absolute Gasteiger partial charge is 0.224 e. The van der Waals surface area contributed by atoms with Crippen LogP contribution < -0.4 is 5.32 Å². The van der Waals surface area contributed by atoms with Gasteiger partial charge >= 0.3 is 0 Å². The van der Waals surface area contributed by atoms with Crippen molar-refractivity contribution in [2.75, 3.05) is 5.32 Å². The summed E-state index contributed by atoms with van der Waals surface area (Å²) >= 11 is 9.76. The number of rotatable bonds is 3.